The molecule has 1 unspecified atom stereocenters. The first-order valence-electron chi connectivity index (χ1n) is 4.60. The number of hydrogen-bond donors (Lipinski definition) is 2. The minimum atomic E-state index is -0.752. The molecule has 76 valence electrons. The second-order valence-corrected chi connectivity index (χ2v) is 3.49. The van der Waals surface area contributed by atoms with Gasteiger partial charge in [-0.15, -0.1) is 5.10 Å². The van der Waals surface area contributed by atoms with Crippen molar-refractivity contribution in [1.82, 2.24) is 10.2 Å². The van der Waals surface area contributed by atoms with Crippen molar-refractivity contribution >= 4 is 5.82 Å². The van der Waals surface area contributed by atoms with E-state index in [0.29, 0.717) is 32.0 Å². The molecule has 0 radical (unpaired) electrons. The van der Waals surface area contributed by atoms with Crippen LogP contribution in [-0.2, 0) is 4.74 Å². The summed E-state index contributed by atoms with van der Waals surface area (Å²) in [4.78, 5) is 0. The molecule has 0 saturated carbocycles. The Morgan fingerprint density at radius 1 is 1.64 bits per heavy atom. The monoisotopic (exact) mass is 195 g/mol. The first kappa shape index (κ1) is 9.36. The predicted molar refractivity (Wildman–Crippen MR) is 50.9 cm³/mol. The highest BCUT2D eigenvalue weighted by atomic mass is 16.5. The second kappa shape index (κ2) is 3.89. The van der Waals surface area contributed by atoms with Crippen molar-refractivity contribution in [3.8, 4) is 0 Å². The Morgan fingerprint density at radius 2 is 2.57 bits per heavy atom. The summed E-state index contributed by atoms with van der Waals surface area (Å²) in [6.45, 7) is 1.46. The van der Waals surface area contributed by atoms with E-state index in [9.17, 15) is 5.11 Å². The molecule has 2 rings (SSSR count). The fourth-order valence-electron chi connectivity index (χ4n) is 1.39. The zero-order valence-corrected chi connectivity index (χ0v) is 7.81. The molecule has 1 aromatic rings. The van der Waals surface area contributed by atoms with Gasteiger partial charge in [-0.25, -0.2) is 0 Å². The Bertz CT molecular complexity index is 285. The van der Waals surface area contributed by atoms with Gasteiger partial charge in [0.25, 0.3) is 0 Å². The van der Waals surface area contributed by atoms with Gasteiger partial charge in [0.15, 0.2) is 0 Å². The van der Waals surface area contributed by atoms with Gasteiger partial charge in [-0.05, 0) is 12.1 Å². The number of nitrogens with zero attached hydrogens (tertiary/aromatic N) is 2. The van der Waals surface area contributed by atoms with E-state index in [1.807, 2.05) is 6.07 Å². The number of ether oxygens (including phenoxy) is 1. The molecule has 5 heteroatoms. The fraction of sp³-hybridized carbons (Fsp3) is 0.556. The number of aliphatic hydroxyl groups is 1. The normalized spacial score (nSPS) is 26.4. The van der Waals surface area contributed by atoms with Gasteiger partial charge >= 0.3 is 0 Å². The molecule has 2 heterocycles. The maximum atomic E-state index is 9.92. The topological polar surface area (TPSA) is 67.3 Å². The Hall–Kier alpha value is -1.20. The van der Waals surface area contributed by atoms with Gasteiger partial charge in [0, 0.05) is 25.8 Å². The lowest BCUT2D eigenvalue weighted by molar-refractivity contribution is 0.0381. The third-order valence-electron chi connectivity index (χ3n) is 2.25. The quantitative estimate of drug-likeness (QED) is 0.712. The number of hydrogen-bond acceptors (Lipinski definition) is 5. The molecule has 5 nitrogen and oxygen atoms in total. The minimum absolute atomic E-state index is 0.389. The van der Waals surface area contributed by atoms with Gasteiger partial charge in [-0.2, -0.15) is 5.10 Å². The maximum Gasteiger partial charge on any atom is 0.148 e. The summed E-state index contributed by atoms with van der Waals surface area (Å²) in [6.07, 6.45) is 2.28. The number of nitrogens with one attached hydrogen (secondary N) is 1. The molecule has 0 bridgehead atoms. The van der Waals surface area contributed by atoms with E-state index in [2.05, 4.69) is 15.5 Å². The van der Waals surface area contributed by atoms with E-state index in [1.165, 1.54) is 0 Å². The number of aromatic nitrogens is 2. The Morgan fingerprint density at radius 3 is 3.21 bits per heavy atom. The summed E-state index contributed by atoms with van der Waals surface area (Å²) in [6, 6.07) is 3.61. The van der Waals surface area contributed by atoms with Crippen LogP contribution in [0.5, 0.6) is 0 Å². The van der Waals surface area contributed by atoms with Crippen molar-refractivity contribution < 1.29 is 9.84 Å². The van der Waals surface area contributed by atoms with Crippen LogP contribution in [0.2, 0.25) is 0 Å². The third-order valence-corrected chi connectivity index (χ3v) is 2.25. The van der Waals surface area contributed by atoms with E-state index < -0.39 is 5.60 Å². The van der Waals surface area contributed by atoms with Gasteiger partial charge in [0.05, 0.1) is 6.61 Å². The highest BCUT2D eigenvalue weighted by Crippen LogP contribution is 2.18. The van der Waals surface area contributed by atoms with Crippen molar-refractivity contribution in [2.45, 2.75) is 12.0 Å². The van der Waals surface area contributed by atoms with Crippen LogP contribution in [-0.4, -0.2) is 40.7 Å². The predicted octanol–water partition coefficient (Wildman–Crippen LogP) is 0.0399. The average molecular weight is 195 g/mol. The number of anilines is 1. The van der Waals surface area contributed by atoms with Crippen molar-refractivity contribution in [2.24, 2.45) is 0 Å². The van der Waals surface area contributed by atoms with Gasteiger partial charge in [0.1, 0.15) is 11.4 Å². The van der Waals surface area contributed by atoms with E-state index in [1.54, 1.807) is 12.3 Å². The average Bonchev–Trinajstić information content (AvgIpc) is 2.65. The standard InChI is InChI=1S/C9H13N3O2/c13-9(3-5-14-7-9)6-10-8-2-1-4-11-12-8/h1-2,4,13H,3,5-7H2,(H,10,12). The van der Waals surface area contributed by atoms with E-state index in [-0.39, 0.29) is 0 Å². The Labute approximate surface area is 82.1 Å². The minimum Gasteiger partial charge on any atom is -0.386 e. The van der Waals surface area contributed by atoms with E-state index >= 15 is 0 Å². The first-order chi connectivity index (χ1) is 6.79. The van der Waals surface area contributed by atoms with Crippen LogP contribution < -0.4 is 5.32 Å². The first-order valence-corrected chi connectivity index (χ1v) is 4.60. The van der Waals surface area contributed by atoms with Gasteiger partial charge in [-0.3, -0.25) is 0 Å². The lowest BCUT2D eigenvalue weighted by Gasteiger charge is -2.20. The SMILES string of the molecule is OC1(CNc2cccnn2)CCOC1. The smallest absolute Gasteiger partial charge is 0.148 e. The highest BCUT2D eigenvalue weighted by molar-refractivity contribution is 5.32. The lowest BCUT2D eigenvalue weighted by atomic mass is 10.0. The van der Waals surface area contributed by atoms with Crippen molar-refractivity contribution in [1.29, 1.82) is 0 Å². The van der Waals surface area contributed by atoms with Crippen LogP contribution in [0, 0.1) is 0 Å². The molecule has 0 aromatic carbocycles. The Balaban J connectivity index is 1.88. The molecule has 1 saturated heterocycles. The molecule has 1 atom stereocenters. The summed E-state index contributed by atoms with van der Waals surface area (Å²) < 4.78 is 5.12. The van der Waals surface area contributed by atoms with E-state index in [4.69, 9.17) is 4.74 Å². The van der Waals surface area contributed by atoms with Crippen molar-refractivity contribution in [3.05, 3.63) is 18.3 Å². The molecule has 0 aliphatic carbocycles. The molecule has 14 heavy (non-hydrogen) atoms. The Kier molecular flexibility index (Phi) is 2.60. The summed E-state index contributed by atoms with van der Waals surface area (Å²) in [5, 5.41) is 20.5. The van der Waals surface area contributed by atoms with Crippen LogP contribution >= 0.6 is 0 Å². The molecular formula is C9H13N3O2. The molecule has 0 spiro atoms. The molecule has 1 aliphatic rings. The van der Waals surface area contributed by atoms with Crippen molar-refractivity contribution in [2.75, 3.05) is 25.1 Å². The second-order valence-electron chi connectivity index (χ2n) is 3.49. The van der Waals surface area contributed by atoms with Crippen molar-refractivity contribution in [3.63, 3.8) is 0 Å². The zero-order valence-electron chi connectivity index (χ0n) is 7.81. The summed E-state index contributed by atoms with van der Waals surface area (Å²) >= 11 is 0. The lowest BCUT2D eigenvalue weighted by Crippen LogP contribution is -2.37. The molecule has 2 N–H and O–H groups in total. The summed E-state index contributed by atoms with van der Waals surface area (Å²) in [5.74, 6) is 0.674. The van der Waals surface area contributed by atoms with Crippen LogP contribution in [0.25, 0.3) is 0 Å². The van der Waals surface area contributed by atoms with Crippen LogP contribution in [0.15, 0.2) is 18.3 Å². The summed E-state index contributed by atoms with van der Waals surface area (Å²) in [5.41, 5.74) is -0.752. The molecular weight excluding hydrogens is 182 g/mol. The fourth-order valence-corrected chi connectivity index (χ4v) is 1.39. The largest absolute Gasteiger partial charge is 0.386 e. The number of rotatable bonds is 3. The highest BCUT2D eigenvalue weighted by Gasteiger charge is 2.31. The molecule has 1 aromatic heterocycles. The maximum absolute atomic E-state index is 9.92. The van der Waals surface area contributed by atoms with E-state index in [0.717, 1.165) is 0 Å². The third kappa shape index (κ3) is 2.18. The van der Waals surface area contributed by atoms with Crippen LogP contribution in [0.3, 0.4) is 0 Å². The molecule has 1 aliphatic heterocycles. The van der Waals surface area contributed by atoms with Gasteiger partial charge < -0.3 is 15.2 Å². The molecule has 1 fully saturated rings. The summed E-state index contributed by atoms with van der Waals surface area (Å²) in [7, 11) is 0. The van der Waals surface area contributed by atoms with Gasteiger partial charge in [-0.1, -0.05) is 0 Å². The zero-order chi connectivity index (χ0) is 9.86. The van der Waals surface area contributed by atoms with Crippen LogP contribution in [0.1, 0.15) is 6.42 Å². The molecule has 0 amide bonds. The van der Waals surface area contributed by atoms with Crippen LogP contribution in [0.4, 0.5) is 5.82 Å². The van der Waals surface area contributed by atoms with Gasteiger partial charge in [0.2, 0.25) is 0 Å².